The smallest absolute Gasteiger partial charge is 0.209 e. The van der Waals surface area contributed by atoms with Crippen molar-refractivity contribution >= 4 is 21.6 Å². The van der Waals surface area contributed by atoms with Crippen LogP contribution in [-0.4, -0.2) is 29.1 Å². The van der Waals surface area contributed by atoms with E-state index in [1.807, 2.05) is 6.07 Å². The lowest BCUT2D eigenvalue weighted by Gasteiger charge is -2.03. The summed E-state index contributed by atoms with van der Waals surface area (Å²) < 4.78 is 21.6. The molecular formula is C12H13ClN4O2S. The summed E-state index contributed by atoms with van der Waals surface area (Å²) in [6.07, 6.45) is 5.82. The highest BCUT2D eigenvalue weighted by Crippen LogP contribution is 2.19. The molecule has 0 spiro atoms. The third-order valence-corrected chi connectivity index (χ3v) is 3.66. The van der Waals surface area contributed by atoms with E-state index in [-0.39, 0.29) is 5.75 Å². The molecule has 0 amide bonds. The molecule has 0 aliphatic rings. The van der Waals surface area contributed by atoms with Crippen LogP contribution >= 0.6 is 11.6 Å². The standard InChI is InChI=1S/C12H13ClN4O2S/c13-11-6-9(3-4-15-11)10-7-16-12(17-8-10)2-1-5-20(14,18)19/h3-4,6-8H,1-2,5H2,(H2,14,18,19). The number of nitrogens with two attached hydrogens (primary N) is 1. The van der Waals surface area contributed by atoms with Crippen LogP contribution in [0.1, 0.15) is 12.2 Å². The van der Waals surface area contributed by atoms with Crippen LogP contribution in [0.4, 0.5) is 0 Å². The van der Waals surface area contributed by atoms with Crippen LogP contribution in [0, 0.1) is 0 Å². The zero-order valence-electron chi connectivity index (χ0n) is 10.5. The third kappa shape index (κ3) is 4.52. The molecule has 0 aromatic carbocycles. The molecule has 2 heterocycles. The predicted octanol–water partition coefficient (Wildman–Crippen LogP) is 1.41. The van der Waals surface area contributed by atoms with E-state index in [9.17, 15) is 8.42 Å². The van der Waals surface area contributed by atoms with E-state index in [0.29, 0.717) is 23.8 Å². The van der Waals surface area contributed by atoms with Crippen molar-refractivity contribution in [3.63, 3.8) is 0 Å². The number of primary sulfonamides is 1. The number of aryl methyl sites for hydroxylation is 1. The first-order valence-electron chi connectivity index (χ1n) is 5.87. The highest BCUT2D eigenvalue weighted by Gasteiger charge is 2.05. The van der Waals surface area contributed by atoms with Crippen LogP contribution < -0.4 is 5.14 Å². The van der Waals surface area contributed by atoms with Gasteiger partial charge in [0.05, 0.1) is 5.75 Å². The monoisotopic (exact) mass is 312 g/mol. The summed E-state index contributed by atoms with van der Waals surface area (Å²) in [6.45, 7) is 0. The Labute approximate surface area is 122 Å². The average molecular weight is 313 g/mol. The minimum absolute atomic E-state index is 0.0714. The zero-order valence-corrected chi connectivity index (χ0v) is 12.1. The fraction of sp³-hybridized carbons (Fsp3) is 0.250. The van der Waals surface area contributed by atoms with Crippen LogP contribution in [-0.2, 0) is 16.4 Å². The van der Waals surface area contributed by atoms with E-state index in [2.05, 4.69) is 15.0 Å². The third-order valence-electron chi connectivity index (χ3n) is 2.59. The normalized spacial score (nSPS) is 11.5. The Morgan fingerprint density at radius 1 is 1.15 bits per heavy atom. The molecule has 0 saturated carbocycles. The Hall–Kier alpha value is -1.57. The molecule has 6 nitrogen and oxygen atoms in total. The molecule has 106 valence electrons. The topological polar surface area (TPSA) is 98.8 Å². The van der Waals surface area contributed by atoms with Crippen LogP contribution in [0.15, 0.2) is 30.7 Å². The number of hydrogen-bond acceptors (Lipinski definition) is 5. The van der Waals surface area contributed by atoms with Crippen molar-refractivity contribution in [3.8, 4) is 11.1 Å². The van der Waals surface area contributed by atoms with Gasteiger partial charge in [0.15, 0.2) is 0 Å². The minimum Gasteiger partial charge on any atom is -0.245 e. The second-order valence-corrected chi connectivity index (χ2v) is 6.35. The van der Waals surface area contributed by atoms with Crippen molar-refractivity contribution in [1.82, 2.24) is 15.0 Å². The number of sulfonamides is 1. The number of nitrogens with zero attached hydrogens (tertiary/aromatic N) is 3. The van der Waals surface area contributed by atoms with E-state index < -0.39 is 10.0 Å². The fourth-order valence-corrected chi connectivity index (χ4v) is 2.37. The number of hydrogen-bond donors (Lipinski definition) is 1. The molecule has 2 aromatic heterocycles. The van der Waals surface area contributed by atoms with Gasteiger partial charge in [-0.15, -0.1) is 0 Å². The van der Waals surface area contributed by atoms with Crippen LogP contribution in [0.2, 0.25) is 5.15 Å². The molecule has 0 aliphatic heterocycles. The first-order chi connectivity index (χ1) is 9.44. The fourth-order valence-electron chi connectivity index (χ4n) is 1.65. The number of aromatic nitrogens is 3. The van der Waals surface area contributed by atoms with Crippen LogP contribution in [0.5, 0.6) is 0 Å². The van der Waals surface area contributed by atoms with Crippen molar-refractivity contribution in [3.05, 3.63) is 41.7 Å². The summed E-state index contributed by atoms with van der Waals surface area (Å²) >= 11 is 5.82. The predicted molar refractivity (Wildman–Crippen MR) is 76.6 cm³/mol. The van der Waals surface area contributed by atoms with Crippen LogP contribution in [0.25, 0.3) is 11.1 Å². The summed E-state index contributed by atoms with van der Waals surface area (Å²) in [4.78, 5) is 12.3. The number of pyridine rings is 1. The highest BCUT2D eigenvalue weighted by atomic mass is 35.5. The minimum atomic E-state index is -3.43. The first-order valence-corrected chi connectivity index (χ1v) is 7.97. The molecule has 2 rings (SSSR count). The van der Waals surface area contributed by atoms with Gasteiger partial charge in [0, 0.05) is 30.6 Å². The summed E-state index contributed by atoms with van der Waals surface area (Å²) in [5, 5.41) is 5.33. The molecule has 0 atom stereocenters. The van der Waals surface area contributed by atoms with Crippen molar-refractivity contribution in [2.75, 3.05) is 5.75 Å². The molecule has 0 saturated heterocycles. The van der Waals surface area contributed by atoms with Gasteiger partial charge in [-0.05, 0) is 24.1 Å². The maximum Gasteiger partial charge on any atom is 0.209 e. The highest BCUT2D eigenvalue weighted by molar-refractivity contribution is 7.89. The summed E-state index contributed by atoms with van der Waals surface area (Å²) in [7, 11) is -3.43. The molecular weight excluding hydrogens is 300 g/mol. The quantitative estimate of drug-likeness (QED) is 0.842. The molecule has 8 heteroatoms. The second kappa shape index (κ2) is 6.25. The lowest BCUT2D eigenvalue weighted by atomic mass is 10.1. The lowest BCUT2D eigenvalue weighted by Crippen LogP contribution is -2.17. The van der Waals surface area contributed by atoms with Gasteiger partial charge >= 0.3 is 0 Å². The van der Waals surface area contributed by atoms with E-state index in [0.717, 1.165) is 11.1 Å². The number of halogens is 1. The Bertz CT molecular complexity index is 689. The largest absolute Gasteiger partial charge is 0.245 e. The molecule has 0 unspecified atom stereocenters. The molecule has 2 N–H and O–H groups in total. The lowest BCUT2D eigenvalue weighted by molar-refractivity contribution is 0.594. The number of rotatable bonds is 5. The molecule has 2 aromatic rings. The van der Waals surface area contributed by atoms with E-state index in [1.54, 1.807) is 24.7 Å². The molecule has 0 bridgehead atoms. The van der Waals surface area contributed by atoms with Crippen molar-refractivity contribution in [2.45, 2.75) is 12.8 Å². The summed E-state index contributed by atoms with van der Waals surface area (Å²) in [5.41, 5.74) is 1.70. The van der Waals surface area contributed by atoms with Gasteiger partial charge < -0.3 is 0 Å². The Kier molecular flexibility index (Phi) is 4.64. The SMILES string of the molecule is NS(=O)(=O)CCCc1ncc(-c2ccnc(Cl)c2)cn1. The van der Waals surface area contributed by atoms with Gasteiger partial charge in [0.2, 0.25) is 10.0 Å². The summed E-state index contributed by atoms with van der Waals surface area (Å²) in [5.74, 6) is 0.510. The van der Waals surface area contributed by atoms with Crippen LogP contribution in [0.3, 0.4) is 0 Å². The molecule has 20 heavy (non-hydrogen) atoms. The second-order valence-electron chi connectivity index (χ2n) is 4.23. The Morgan fingerprint density at radius 2 is 1.85 bits per heavy atom. The van der Waals surface area contributed by atoms with Gasteiger partial charge in [-0.1, -0.05) is 11.6 Å². The van der Waals surface area contributed by atoms with Gasteiger partial charge in [0.25, 0.3) is 0 Å². The van der Waals surface area contributed by atoms with Gasteiger partial charge in [-0.2, -0.15) is 0 Å². The van der Waals surface area contributed by atoms with E-state index >= 15 is 0 Å². The Balaban J connectivity index is 2.03. The van der Waals surface area contributed by atoms with Gasteiger partial charge in [0.1, 0.15) is 11.0 Å². The van der Waals surface area contributed by atoms with Gasteiger partial charge in [-0.25, -0.2) is 28.5 Å². The van der Waals surface area contributed by atoms with E-state index in [4.69, 9.17) is 16.7 Å². The van der Waals surface area contributed by atoms with Crippen molar-refractivity contribution < 1.29 is 8.42 Å². The maximum atomic E-state index is 10.8. The van der Waals surface area contributed by atoms with Crippen molar-refractivity contribution in [2.24, 2.45) is 5.14 Å². The van der Waals surface area contributed by atoms with Crippen molar-refractivity contribution in [1.29, 1.82) is 0 Å². The maximum absolute atomic E-state index is 10.8. The first kappa shape index (κ1) is 14.8. The van der Waals surface area contributed by atoms with Gasteiger partial charge in [-0.3, -0.25) is 0 Å². The average Bonchev–Trinajstić information content (AvgIpc) is 2.38. The molecule has 0 fully saturated rings. The summed E-state index contributed by atoms with van der Waals surface area (Å²) in [6, 6.07) is 3.53. The Morgan fingerprint density at radius 3 is 2.45 bits per heavy atom. The molecule has 0 aliphatic carbocycles. The zero-order chi connectivity index (χ0) is 14.6. The van der Waals surface area contributed by atoms with E-state index in [1.165, 1.54) is 0 Å². The molecule has 0 radical (unpaired) electrons.